The van der Waals surface area contributed by atoms with Crippen LogP contribution < -0.4 is 5.73 Å². The van der Waals surface area contributed by atoms with Crippen molar-refractivity contribution < 1.29 is 0 Å². The van der Waals surface area contributed by atoms with Crippen molar-refractivity contribution in [3.05, 3.63) is 70.8 Å². The maximum atomic E-state index is 6.58. The molecule has 0 bridgehead atoms. The maximum absolute atomic E-state index is 6.58. The van der Waals surface area contributed by atoms with E-state index in [0.29, 0.717) is 0 Å². The summed E-state index contributed by atoms with van der Waals surface area (Å²) in [6, 6.07) is 17.1. The lowest BCUT2D eigenvalue weighted by Gasteiger charge is -2.28. The minimum absolute atomic E-state index is 0.434. The zero-order valence-corrected chi connectivity index (χ0v) is 12.1. The van der Waals surface area contributed by atoms with Gasteiger partial charge in [-0.1, -0.05) is 61.9 Å². The summed E-state index contributed by atoms with van der Waals surface area (Å²) >= 11 is 0. The molecule has 0 aliphatic rings. The van der Waals surface area contributed by atoms with Crippen molar-refractivity contribution in [3.8, 4) is 0 Å². The first kappa shape index (κ1) is 13.8. The zero-order chi connectivity index (χ0) is 13.9. The summed E-state index contributed by atoms with van der Waals surface area (Å²) in [6.07, 6.45) is 2.31. The molecule has 0 aromatic heterocycles. The molecule has 0 spiro atoms. The Labute approximate surface area is 116 Å². The van der Waals surface area contributed by atoms with Gasteiger partial charge in [-0.2, -0.15) is 0 Å². The van der Waals surface area contributed by atoms with Crippen molar-refractivity contribution in [3.63, 3.8) is 0 Å². The lowest BCUT2D eigenvalue weighted by Crippen LogP contribution is -2.35. The molecule has 19 heavy (non-hydrogen) atoms. The Balaban J connectivity index is 2.36. The first-order chi connectivity index (χ1) is 9.05. The van der Waals surface area contributed by atoms with Crippen molar-refractivity contribution in [2.75, 3.05) is 0 Å². The largest absolute Gasteiger partial charge is 0.318 e. The molecule has 2 N–H and O–H groups in total. The Kier molecular flexibility index (Phi) is 4.06. The summed E-state index contributed by atoms with van der Waals surface area (Å²) in [7, 11) is 0. The fourth-order valence-electron chi connectivity index (χ4n) is 2.62. The van der Waals surface area contributed by atoms with Crippen LogP contribution >= 0.6 is 0 Å². The predicted octanol–water partition coefficient (Wildman–Crippen LogP) is 4.17. The number of aryl methyl sites for hydroxylation is 2. The van der Waals surface area contributed by atoms with Crippen LogP contribution in [0.1, 0.15) is 42.5 Å². The number of nitrogens with two attached hydrogens (primary N) is 1. The van der Waals surface area contributed by atoms with Crippen LogP contribution in [0.5, 0.6) is 0 Å². The maximum Gasteiger partial charge on any atom is 0.0639 e. The molecule has 0 saturated carbocycles. The fraction of sp³-hybridized carbons (Fsp3) is 0.333. The second-order valence-corrected chi connectivity index (χ2v) is 5.46. The summed E-state index contributed by atoms with van der Waals surface area (Å²) in [6.45, 7) is 6.41. The van der Waals surface area contributed by atoms with E-state index in [0.717, 1.165) is 6.42 Å². The van der Waals surface area contributed by atoms with Crippen LogP contribution in [0.2, 0.25) is 0 Å². The minimum atomic E-state index is -0.434. The molecule has 0 aliphatic carbocycles. The molecular formula is C18H23N. The van der Waals surface area contributed by atoms with Gasteiger partial charge in [0.15, 0.2) is 0 Å². The van der Waals surface area contributed by atoms with E-state index in [1.807, 2.05) is 0 Å². The molecule has 2 aromatic carbocycles. The molecule has 1 nitrogen and oxygen atoms in total. The quantitative estimate of drug-likeness (QED) is 0.869. The summed E-state index contributed by atoms with van der Waals surface area (Å²) in [5, 5.41) is 0. The SMILES string of the molecule is CCCc1ccc(C(C)(N)c2ccccc2C)cc1. The molecule has 0 amide bonds. The fourth-order valence-corrected chi connectivity index (χ4v) is 2.62. The second-order valence-electron chi connectivity index (χ2n) is 5.46. The van der Waals surface area contributed by atoms with Gasteiger partial charge in [0.1, 0.15) is 0 Å². The number of hydrogen-bond acceptors (Lipinski definition) is 1. The van der Waals surface area contributed by atoms with E-state index in [1.54, 1.807) is 0 Å². The molecule has 0 heterocycles. The summed E-state index contributed by atoms with van der Waals surface area (Å²) in [5.74, 6) is 0. The number of hydrogen-bond donors (Lipinski definition) is 1. The van der Waals surface area contributed by atoms with Gasteiger partial charge in [-0.3, -0.25) is 0 Å². The Morgan fingerprint density at radius 2 is 1.63 bits per heavy atom. The van der Waals surface area contributed by atoms with Crippen molar-refractivity contribution in [2.45, 2.75) is 39.2 Å². The highest BCUT2D eigenvalue weighted by atomic mass is 14.7. The molecule has 2 rings (SSSR count). The standard InChI is InChI=1S/C18H23N/c1-4-7-15-10-12-16(13-11-15)18(3,19)17-9-6-5-8-14(17)2/h5-6,8-13H,4,7,19H2,1-3H3. The first-order valence-corrected chi connectivity index (χ1v) is 7.00. The van der Waals surface area contributed by atoms with Crippen molar-refractivity contribution >= 4 is 0 Å². The highest BCUT2D eigenvalue weighted by molar-refractivity contribution is 5.41. The molecule has 1 unspecified atom stereocenters. The average Bonchev–Trinajstić information content (AvgIpc) is 2.40. The van der Waals surface area contributed by atoms with Crippen molar-refractivity contribution in [1.82, 2.24) is 0 Å². The van der Waals surface area contributed by atoms with E-state index in [9.17, 15) is 0 Å². The highest BCUT2D eigenvalue weighted by Gasteiger charge is 2.24. The van der Waals surface area contributed by atoms with Crippen LogP contribution in [0.15, 0.2) is 48.5 Å². The highest BCUT2D eigenvalue weighted by Crippen LogP contribution is 2.29. The van der Waals surface area contributed by atoms with Crippen molar-refractivity contribution in [2.24, 2.45) is 5.73 Å². The van der Waals surface area contributed by atoms with Crippen LogP contribution in [-0.4, -0.2) is 0 Å². The predicted molar refractivity (Wildman–Crippen MR) is 82.3 cm³/mol. The lowest BCUT2D eigenvalue weighted by atomic mass is 9.83. The minimum Gasteiger partial charge on any atom is -0.318 e. The smallest absolute Gasteiger partial charge is 0.0639 e. The Hall–Kier alpha value is -1.60. The van der Waals surface area contributed by atoms with E-state index in [2.05, 4.69) is 69.3 Å². The van der Waals surface area contributed by atoms with Gasteiger partial charge in [-0.25, -0.2) is 0 Å². The van der Waals surface area contributed by atoms with Gasteiger partial charge in [-0.15, -0.1) is 0 Å². The number of benzene rings is 2. The van der Waals surface area contributed by atoms with E-state index >= 15 is 0 Å². The summed E-state index contributed by atoms with van der Waals surface area (Å²) in [4.78, 5) is 0. The van der Waals surface area contributed by atoms with E-state index in [-0.39, 0.29) is 0 Å². The van der Waals surface area contributed by atoms with Crippen molar-refractivity contribution in [1.29, 1.82) is 0 Å². The molecule has 0 aliphatic heterocycles. The average molecular weight is 253 g/mol. The van der Waals surface area contributed by atoms with Crippen LogP contribution in [-0.2, 0) is 12.0 Å². The van der Waals surface area contributed by atoms with E-state index in [1.165, 1.54) is 28.7 Å². The van der Waals surface area contributed by atoms with Crippen LogP contribution in [0.25, 0.3) is 0 Å². The van der Waals surface area contributed by atoms with Crippen LogP contribution in [0.3, 0.4) is 0 Å². The first-order valence-electron chi connectivity index (χ1n) is 7.00. The topological polar surface area (TPSA) is 26.0 Å². The normalized spacial score (nSPS) is 14.1. The molecule has 0 saturated heterocycles. The molecule has 1 atom stereocenters. The Bertz CT molecular complexity index is 538. The van der Waals surface area contributed by atoms with Gasteiger partial charge in [0, 0.05) is 0 Å². The lowest BCUT2D eigenvalue weighted by molar-refractivity contribution is 0.598. The van der Waals surface area contributed by atoms with Crippen LogP contribution in [0.4, 0.5) is 0 Å². The third-order valence-corrected chi connectivity index (χ3v) is 3.80. The Morgan fingerprint density at radius 3 is 2.21 bits per heavy atom. The molecule has 2 aromatic rings. The summed E-state index contributed by atoms with van der Waals surface area (Å²) in [5.41, 5.74) is 11.1. The molecular weight excluding hydrogens is 230 g/mol. The van der Waals surface area contributed by atoms with Gasteiger partial charge in [0.25, 0.3) is 0 Å². The zero-order valence-electron chi connectivity index (χ0n) is 12.1. The monoisotopic (exact) mass is 253 g/mol. The summed E-state index contributed by atoms with van der Waals surface area (Å²) < 4.78 is 0. The van der Waals surface area contributed by atoms with E-state index in [4.69, 9.17) is 5.73 Å². The van der Waals surface area contributed by atoms with Crippen LogP contribution in [0, 0.1) is 6.92 Å². The molecule has 0 fully saturated rings. The second kappa shape index (κ2) is 5.58. The van der Waals surface area contributed by atoms with Gasteiger partial charge >= 0.3 is 0 Å². The number of rotatable bonds is 4. The third-order valence-electron chi connectivity index (χ3n) is 3.80. The molecule has 100 valence electrons. The Morgan fingerprint density at radius 1 is 1.00 bits per heavy atom. The van der Waals surface area contributed by atoms with Gasteiger partial charge in [0.05, 0.1) is 5.54 Å². The van der Waals surface area contributed by atoms with Gasteiger partial charge < -0.3 is 5.73 Å². The molecule has 1 heteroatoms. The molecule has 0 radical (unpaired) electrons. The van der Waals surface area contributed by atoms with Gasteiger partial charge in [0.2, 0.25) is 0 Å². The van der Waals surface area contributed by atoms with E-state index < -0.39 is 5.54 Å². The van der Waals surface area contributed by atoms with Gasteiger partial charge in [-0.05, 0) is 42.5 Å². The third kappa shape index (κ3) is 2.87.